The summed E-state index contributed by atoms with van der Waals surface area (Å²) in [6.45, 7) is 9.46. The molecular formula is C11H23O5P. The summed E-state index contributed by atoms with van der Waals surface area (Å²) in [4.78, 5) is 11.8. The fourth-order valence-electron chi connectivity index (χ4n) is 1.55. The first-order valence-electron chi connectivity index (χ1n) is 5.98. The summed E-state index contributed by atoms with van der Waals surface area (Å²) in [5.41, 5.74) is -0.859. The van der Waals surface area contributed by atoms with Gasteiger partial charge in [-0.2, -0.15) is 0 Å². The lowest BCUT2D eigenvalue weighted by Gasteiger charge is -2.27. The Morgan fingerprint density at radius 2 is 1.53 bits per heavy atom. The third kappa shape index (κ3) is 4.78. The number of hydrogen-bond acceptors (Lipinski definition) is 5. The predicted molar refractivity (Wildman–Crippen MR) is 66.1 cm³/mol. The smallest absolute Gasteiger partial charge is 0.345 e. The molecule has 6 heteroatoms. The molecule has 0 aliphatic heterocycles. The summed E-state index contributed by atoms with van der Waals surface area (Å²) in [6, 6.07) is 0. The van der Waals surface area contributed by atoms with E-state index in [0.29, 0.717) is 0 Å². The number of carbonyl (C=O) groups is 1. The Bertz CT molecular complexity index is 267. The molecule has 102 valence electrons. The Kier molecular flexibility index (Phi) is 7.68. The molecule has 0 aliphatic rings. The van der Waals surface area contributed by atoms with Crippen LogP contribution in [-0.4, -0.2) is 31.4 Å². The highest BCUT2D eigenvalue weighted by molar-refractivity contribution is 7.55. The van der Waals surface area contributed by atoms with E-state index in [9.17, 15) is 9.36 Å². The second kappa shape index (κ2) is 7.85. The standard InChI is InChI=1S/C11H23O5P/c1-6-14-11(12)10(9(4)5)17(13,15-7-2)16-8-3/h9-10H,6-8H2,1-5H3/t10-/m1/s1. The van der Waals surface area contributed by atoms with Gasteiger partial charge in [-0.15, -0.1) is 0 Å². The van der Waals surface area contributed by atoms with Crippen LogP contribution in [0.1, 0.15) is 34.6 Å². The molecule has 0 bridgehead atoms. The molecule has 0 fully saturated rings. The Balaban J connectivity index is 5.09. The average Bonchev–Trinajstić information content (AvgIpc) is 2.17. The van der Waals surface area contributed by atoms with E-state index in [4.69, 9.17) is 13.8 Å². The maximum absolute atomic E-state index is 12.5. The van der Waals surface area contributed by atoms with E-state index in [2.05, 4.69) is 0 Å². The van der Waals surface area contributed by atoms with Crippen molar-refractivity contribution in [3.8, 4) is 0 Å². The zero-order valence-electron chi connectivity index (χ0n) is 11.3. The quantitative estimate of drug-likeness (QED) is 0.499. The van der Waals surface area contributed by atoms with Crippen molar-refractivity contribution in [3.05, 3.63) is 0 Å². The van der Waals surface area contributed by atoms with Crippen LogP contribution >= 0.6 is 7.60 Å². The molecule has 0 aromatic heterocycles. The predicted octanol–water partition coefficient (Wildman–Crippen LogP) is 2.84. The lowest BCUT2D eigenvalue weighted by Crippen LogP contribution is -2.30. The van der Waals surface area contributed by atoms with E-state index in [0.717, 1.165) is 0 Å². The number of carbonyl (C=O) groups excluding carboxylic acids is 1. The molecule has 0 rings (SSSR count). The van der Waals surface area contributed by atoms with Crippen molar-refractivity contribution < 1.29 is 23.1 Å². The number of esters is 1. The fraction of sp³-hybridized carbons (Fsp3) is 0.909. The van der Waals surface area contributed by atoms with Gasteiger partial charge in [0.25, 0.3) is 0 Å². The van der Waals surface area contributed by atoms with Gasteiger partial charge in [0, 0.05) is 0 Å². The third-order valence-corrected chi connectivity index (χ3v) is 4.84. The molecule has 0 unspecified atom stereocenters. The van der Waals surface area contributed by atoms with Gasteiger partial charge in [0.05, 0.1) is 19.8 Å². The van der Waals surface area contributed by atoms with Crippen molar-refractivity contribution in [1.29, 1.82) is 0 Å². The molecule has 0 aromatic carbocycles. The molecule has 0 aromatic rings. The molecule has 1 atom stereocenters. The van der Waals surface area contributed by atoms with Crippen LogP contribution in [0, 0.1) is 5.92 Å². The zero-order valence-corrected chi connectivity index (χ0v) is 12.2. The average molecular weight is 266 g/mol. The minimum Gasteiger partial charge on any atom is -0.465 e. The van der Waals surface area contributed by atoms with E-state index in [1.165, 1.54) is 0 Å². The van der Waals surface area contributed by atoms with Crippen molar-refractivity contribution >= 4 is 13.6 Å². The molecule has 5 nitrogen and oxygen atoms in total. The third-order valence-electron chi connectivity index (χ3n) is 2.12. The van der Waals surface area contributed by atoms with Gasteiger partial charge in [0.2, 0.25) is 0 Å². The molecule has 0 aliphatic carbocycles. The molecule has 0 spiro atoms. The van der Waals surface area contributed by atoms with Gasteiger partial charge >= 0.3 is 13.6 Å². The molecular weight excluding hydrogens is 243 g/mol. The Hall–Kier alpha value is -0.380. The van der Waals surface area contributed by atoms with Crippen molar-refractivity contribution in [2.45, 2.75) is 40.3 Å². The summed E-state index contributed by atoms with van der Waals surface area (Å²) >= 11 is 0. The fourth-order valence-corrected chi connectivity index (χ4v) is 3.73. The molecule has 0 radical (unpaired) electrons. The maximum atomic E-state index is 12.5. The summed E-state index contributed by atoms with van der Waals surface area (Å²) < 4.78 is 27.8. The van der Waals surface area contributed by atoms with E-state index in [-0.39, 0.29) is 25.7 Å². The topological polar surface area (TPSA) is 61.8 Å². The monoisotopic (exact) mass is 266 g/mol. The van der Waals surface area contributed by atoms with E-state index in [1.807, 2.05) is 0 Å². The highest BCUT2D eigenvalue weighted by Crippen LogP contribution is 2.55. The van der Waals surface area contributed by atoms with Crippen molar-refractivity contribution in [2.75, 3.05) is 19.8 Å². The largest absolute Gasteiger partial charge is 0.465 e. The SMILES string of the molecule is CCOC(=O)[C@@H](C(C)C)P(=O)(OCC)OCC. The second-order valence-electron chi connectivity index (χ2n) is 3.82. The van der Waals surface area contributed by atoms with Crippen LogP contribution in [0.15, 0.2) is 0 Å². The van der Waals surface area contributed by atoms with Gasteiger partial charge < -0.3 is 13.8 Å². The first kappa shape index (κ1) is 16.6. The Morgan fingerprint density at radius 1 is 1.06 bits per heavy atom. The lowest BCUT2D eigenvalue weighted by molar-refractivity contribution is -0.144. The first-order valence-corrected chi connectivity index (χ1v) is 7.59. The molecule has 0 N–H and O–H groups in total. The molecule has 0 saturated heterocycles. The normalized spacial score (nSPS) is 13.8. The van der Waals surface area contributed by atoms with Crippen molar-refractivity contribution in [1.82, 2.24) is 0 Å². The number of hydrogen-bond donors (Lipinski definition) is 0. The van der Waals surface area contributed by atoms with E-state index in [1.54, 1.807) is 34.6 Å². The Labute approximate surface area is 103 Å². The van der Waals surface area contributed by atoms with E-state index < -0.39 is 19.2 Å². The van der Waals surface area contributed by atoms with Crippen LogP contribution in [0.4, 0.5) is 0 Å². The molecule has 17 heavy (non-hydrogen) atoms. The lowest BCUT2D eigenvalue weighted by atomic mass is 10.1. The summed E-state index contributed by atoms with van der Waals surface area (Å²) in [5.74, 6) is -0.689. The minimum absolute atomic E-state index is 0.169. The number of rotatable bonds is 8. The van der Waals surface area contributed by atoms with Crippen LogP contribution in [-0.2, 0) is 23.1 Å². The summed E-state index contributed by atoms with van der Waals surface area (Å²) in [7, 11) is -3.45. The molecule has 0 saturated carbocycles. The highest BCUT2D eigenvalue weighted by atomic mass is 31.2. The highest BCUT2D eigenvalue weighted by Gasteiger charge is 2.44. The first-order chi connectivity index (χ1) is 7.92. The molecule has 0 heterocycles. The van der Waals surface area contributed by atoms with Crippen molar-refractivity contribution in [3.63, 3.8) is 0 Å². The zero-order chi connectivity index (χ0) is 13.5. The number of ether oxygens (including phenoxy) is 1. The summed E-state index contributed by atoms with van der Waals surface area (Å²) in [5, 5.41) is 0. The van der Waals surface area contributed by atoms with Gasteiger partial charge in [0.1, 0.15) is 0 Å². The summed E-state index contributed by atoms with van der Waals surface area (Å²) in [6.07, 6.45) is 0. The van der Waals surface area contributed by atoms with Gasteiger partial charge in [0.15, 0.2) is 5.66 Å². The van der Waals surface area contributed by atoms with Gasteiger partial charge in [-0.05, 0) is 26.7 Å². The van der Waals surface area contributed by atoms with Crippen molar-refractivity contribution in [2.24, 2.45) is 5.92 Å². The maximum Gasteiger partial charge on any atom is 0.345 e. The van der Waals surface area contributed by atoms with E-state index >= 15 is 0 Å². The van der Waals surface area contributed by atoms with Gasteiger partial charge in [-0.1, -0.05) is 13.8 Å². The van der Waals surface area contributed by atoms with Crippen LogP contribution in [0.2, 0.25) is 0 Å². The second-order valence-corrected chi connectivity index (χ2v) is 5.97. The van der Waals surface area contributed by atoms with Gasteiger partial charge in [-0.3, -0.25) is 9.36 Å². The minimum atomic E-state index is -3.45. The van der Waals surface area contributed by atoms with Crippen LogP contribution in [0.25, 0.3) is 0 Å². The molecule has 0 amide bonds. The van der Waals surface area contributed by atoms with Gasteiger partial charge in [-0.25, -0.2) is 0 Å². The van der Waals surface area contributed by atoms with Crippen LogP contribution in [0.3, 0.4) is 0 Å². The van der Waals surface area contributed by atoms with Crippen LogP contribution in [0.5, 0.6) is 0 Å². The van der Waals surface area contributed by atoms with Crippen LogP contribution < -0.4 is 0 Å². The Morgan fingerprint density at radius 3 is 1.82 bits per heavy atom.